The van der Waals surface area contributed by atoms with E-state index < -0.39 is 17.4 Å². The van der Waals surface area contributed by atoms with Crippen LogP contribution < -0.4 is 0 Å². The van der Waals surface area contributed by atoms with E-state index in [9.17, 15) is 25.5 Å². The summed E-state index contributed by atoms with van der Waals surface area (Å²) in [5, 5.41) is 52.1. The van der Waals surface area contributed by atoms with Gasteiger partial charge in [-0.3, -0.25) is 3.07 Å². The molecule has 1 rings (SSSR count). The zero-order chi connectivity index (χ0) is 17.3. The second-order valence-corrected chi connectivity index (χ2v) is 5.27. The molecule has 0 fully saturated rings. The van der Waals surface area contributed by atoms with Crippen LogP contribution in [0.5, 0.6) is 0 Å². The minimum atomic E-state index is -3.11. The van der Waals surface area contributed by atoms with Crippen molar-refractivity contribution in [1.29, 1.82) is 0 Å². The molecule has 1 unspecified atom stereocenters. The highest BCUT2D eigenvalue weighted by Gasteiger charge is 2.59. The lowest BCUT2D eigenvalue weighted by atomic mass is 9.88. The van der Waals surface area contributed by atoms with Crippen LogP contribution in [0.15, 0.2) is 59.8 Å². The summed E-state index contributed by atoms with van der Waals surface area (Å²) in [7, 11) is 0. The standard InChI is InChI=1S/C15H19IO6/c1-5-8-12-11(7-3)13(17,22-16)10(6-2)9(4)14(18,19)15(12,20)21/h5-8,17-21H,1-2H2,3-4H3/b11-7+,12-8+. The molecule has 0 heterocycles. The topological polar surface area (TPSA) is 110 Å². The van der Waals surface area contributed by atoms with E-state index in [1.165, 1.54) is 49.0 Å². The first kappa shape index (κ1) is 19.2. The summed E-state index contributed by atoms with van der Waals surface area (Å²) in [6.07, 6.45) is 4.90. The molecule has 22 heavy (non-hydrogen) atoms. The van der Waals surface area contributed by atoms with Crippen LogP contribution in [0.2, 0.25) is 0 Å². The molecule has 0 radical (unpaired) electrons. The molecule has 0 aromatic heterocycles. The molecule has 5 N–H and O–H groups in total. The van der Waals surface area contributed by atoms with Crippen LogP contribution in [-0.4, -0.2) is 42.9 Å². The summed E-state index contributed by atoms with van der Waals surface area (Å²) in [6, 6.07) is 0. The Kier molecular flexibility index (Phi) is 5.56. The van der Waals surface area contributed by atoms with Crippen molar-refractivity contribution in [2.75, 3.05) is 0 Å². The third-order valence-electron chi connectivity index (χ3n) is 3.70. The van der Waals surface area contributed by atoms with Gasteiger partial charge in [-0.25, -0.2) is 0 Å². The summed E-state index contributed by atoms with van der Waals surface area (Å²) in [5.74, 6) is -8.35. The molecular formula is C15H19IO6. The lowest BCUT2D eigenvalue weighted by molar-refractivity contribution is -0.317. The number of allylic oxidation sites excluding steroid dienone is 3. The van der Waals surface area contributed by atoms with E-state index in [4.69, 9.17) is 3.07 Å². The van der Waals surface area contributed by atoms with E-state index in [1.54, 1.807) is 0 Å². The average molecular weight is 422 g/mol. The fraction of sp³-hybridized carbons (Fsp3) is 0.333. The minimum Gasteiger partial charge on any atom is -0.358 e. The molecule has 7 heteroatoms. The van der Waals surface area contributed by atoms with Crippen molar-refractivity contribution >= 4 is 23.0 Å². The van der Waals surface area contributed by atoms with Crippen LogP contribution in [0.4, 0.5) is 0 Å². The summed E-state index contributed by atoms with van der Waals surface area (Å²) in [4.78, 5) is 0. The molecule has 1 aliphatic carbocycles. The smallest absolute Gasteiger partial charge is 0.250 e. The number of halogens is 1. The Hall–Kier alpha value is -0.810. The summed E-state index contributed by atoms with van der Waals surface area (Å²) in [6.45, 7) is 9.73. The van der Waals surface area contributed by atoms with Crippen molar-refractivity contribution in [3.63, 3.8) is 0 Å². The Morgan fingerprint density at radius 1 is 1.05 bits per heavy atom. The highest BCUT2D eigenvalue weighted by molar-refractivity contribution is 14.1. The fourth-order valence-electron chi connectivity index (χ4n) is 2.46. The molecule has 1 atom stereocenters. The van der Waals surface area contributed by atoms with Gasteiger partial charge in [0.25, 0.3) is 5.79 Å². The lowest BCUT2D eigenvalue weighted by Gasteiger charge is -2.36. The Morgan fingerprint density at radius 3 is 1.95 bits per heavy atom. The van der Waals surface area contributed by atoms with E-state index in [1.807, 2.05) is 0 Å². The van der Waals surface area contributed by atoms with Crippen LogP contribution >= 0.6 is 23.0 Å². The fourth-order valence-corrected chi connectivity index (χ4v) is 2.93. The van der Waals surface area contributed by atoms with Crippen molar-refractivity contribution in [2.45, 2.75) is 31.2 Å². The Labute approximate surface area is 142 Å². The second kappa shape index (κ2) is 6.36. The van der Waals surface area contributed by atoms with Crippen LogP contribution in [-0.2, 0) is 3.07 Å². The molecule has 0 amide bonds. The molecular weight excluding hydrogens is 403 g/mol. The van der Waals surface area contributed by atoms with Gasteiger partial charge in [0.15, 0.2) is 0 Å². The maximum absolute atomic E-state index is 10.9. The first-order chi connectivity index (χ1) is 10.1. The van der Waals surface area contributed by atoms with Gasteiger partial charge < -0.3 is 25.5 Å². The zero-order valence-electron chi connectivity index (χ0n) is 12.2. The third kappa shape index (κ3) is 2.52. The zero-order valence-corrected chi connectivity index (χ0v) is 14.4. The van der Waals surface area contributed by atoms with E-state index in [2.05, 4.69) is 13.2 Å². The molecule has 0 aliphatic heterocycles. The first-order valence-electron chi connectivity index (χ1n) is 6.32. The Balaban J connectivity index is 4.01. The molecule has 0 spiro atoms. The molecule has 0 bridgehead atoms. The number of hydrogen-bond acceptors (Lipinski definition) is 6. The van der Waals surface area contributed by atoms with Crippen molar-refractivity contribution in [2.24, 2.45) is 0 Å². The van der Waals surface area contributed by atoms with Crippen molar-refractivity contribution < 1.29 is 28.6 Å². The van der Waals surface area contributed by atoms with Crippen LogP contribution in [0.3, 0.4) is 0 Å². The van der Waals surface area contributed by atoms with Gasteiger partial charge in [0, 0.05) is 22.3 Å². The molecule has 0 aromatic carbocycles. The third-order valence-corrected chi connectivity index (χ3v) is 4.34. The molecule has 1 aliphatic rings. The predicted molar refractivity (Wildman–Crippen MR) is 89.3 cm³/mol. The van der Waals surface area contributed by atoms with Crippen LogP contribution in [0, 0.1) is 0 Å². The van der Waals surface area contributed by atoms with Gasteiger partial charge in [-0.05, 0) is 13.8 Å². The lowest BCUT2D eigenvalue weighted by Crippen LogP contribution is -2.56. The minimum absolute atomic E-state index is 0.0778. The maximum atomic E-state index is 10.9. The van der Waals surface area contributed by atoms with Gasteiger partial charge in [0.05, 0.1) is 0 Å². The summed E-state index contributed by atoms with van der Waals surface area (Å²) < 4.78 is 5.11. The van der Waals surface area contributed by atoms with Gasteiger partial charge >= 0.3 is 0 Å². The van der Waals surface area contributed by atoms with Crippen LogP contribution in [0.25, 0.3) is 0 Å². The van der Waals surface area contributed by atoms with E-state index >= 15 is 0 Å². The molecule has 0 aromatic rings. The van der Waals surface area contributed by atoms with Gasteiger partial charge in [-0.1, -0.05) is 37.5 Å². The molecule has 6 nitrogen and oxygen atoms in total. The highest BCUT2D eigenvalue weighted by atomic mass is 127. The van der Waals surface area contributed by atoms with E-state index in [-0.39, 0.29) is 22.3 Å². The normalized spacial score (nSPS) is 31.3. The van der Waals surface area contributed by atoms with Gasteiger partial charge in [-0.2, -0.15) is 0 Å². The van der Waals surface area contributed by atoms with Crippen molar-refractivity contribution in [1.82, 2.24) is 0 Å². The molecule has 0 saturated heterocycles. The molecule has 0 saturated carbocycles. The van der Waals surface area contributed by atoms with E-state index in [0.29, 0.717) is 0 Å². The number of rotatable bonds is 3. The van der Waals surface area contributed by atoms with Crippen molar-refractivity contribution in [3.8, 4) is 0 Å². The van der Waals surface area contributed by atoms with Gasteiger partial charge in [-0.15, -0.1) is 0 Å². The van der Waals surface area contributed by atoms with Crippen LogP contribution in [0.1, 0.15) is 13.8 Å². The van der Waals surface area contributed by atoms with Crippen molar-refractivity contribution in [3.05, 3.63) is 59.8 Å². The van der Waals surface area contributed by atoms with E-state index in [0.717, 1.165) is 12.2 Å². The monoisotopic (exact) mass is 422 g/mol. The molecule has 122 valence electrons. The summed E-state index contributed by atoms with van der Waals surface area (Å²) >= 11 is 1.44. The van der Waals surface area contributed by atoms with Gasteiger partial charge in [0.2, 0.25) is 11.6 Å². The Bertz CT molecular complexity index is 585. The SMILES string of the molecule is C=C/C=C1\C(=C/C)C(O)(OI)C(C=C)=C(C)C(O)(O)C1(O)O. The number of aliphatic hydroxyl groups is 5. The van der Waals surface area contributed by atoms with Gasteiger partial charge in [0.1, 0.15) is 23.0 Å². The first-order valence-corrected chi connectivity index (χ1v) is 7.20. The second-order valence-electron chi connectivity index (χ2n) is 4.83. The number of hydrogen-bond donors (Lipinski definition) is 5. The predicted octanol–water partition coefficient (Wildman–Crippen LogP) is 0.978. The maximum Gasteiger partial charge on any atom is 0.250 e. The summed E-state index contributed by atoms with van der Waals surface area (Å²) in [5.41, 5.74) is -0.880. The Morgan fingerprint density at radius 2 is 1.59 bits per heavy atom. The average Bonchev–Trinajstić information content (AvgIpc) is 2.49. The quantitative estimate of drug-likeness (QED) is 0.343. The largest absolute Gasteiger partial charge is 0.358 e. The highest BCUT2D eigenvalue weighted by Crippen LogP contribution is 2.48.